The Balaban J connectivity index is 2.42. The van der Waals surface area contributed by atoms with Gasteiger partial charge in [-0.15, -0.1) is 0 Å². The second-order valence-electron chi connectivity index (χ2n) is 5.52. The molecule has 4 heteroatoms. The highest BCUT2D eigenvalue weighted by atomic mass is 16.5. The molecule has 3 unspecified atom stereocenters. The number of likely N-dealkylation sites (N-methyl/N-ethyl adjacent to an activating group) is 1. The Hall–Kier alpha value is -1.16. The summed E-state index contributed by atoms with van der Waals surface area (Å²) in [6, 6.07) is 0.674. The van der Waals surface area contributed by atoms with Gasteiger partial charge in [-0.2, -0.15) is 0 Å². The van der Waals surface area contributed by atoms with E-state index in [4.69, 9.17) is 4.74 Å². The molecule has 96 valence electrons. The SMILES string of the molecule is COC1=C(O)C(O)=CC2C1CC[N+]2(C)C(C)C. The predicted molar refractivity (Wildman–Crippen MR) is 65.5 cm³/mol. The molecule has 1 aliphatic heterocycles. The van der Waals surface area contributed by atoms with E-state index in [1.165, 1.54) is 0 Å². The molecule has 0 aromatic heterocycles. The molecule has 2 rings (SSSR count). The molecule has 1 aliphatic carbocycles. The number of fused-ring (bicyclic) bond motifs is 1. The summed E-state index contributed by atoms with van der Waals surface area (Å²) >= 11 is 0. The minimum absolute atomic E-state index is 0.0463. The van der Waals surface area contributed by atoms with Crippen LogP contribution in [0.5, 0.6) is 0 Å². The highest BCUT2D eigenvalue weighted by molar-refractivity contribution is 5.31. The number of aliphatic hydroxyl groups is 2. The number of hydrogen-bond acceptors (Lipinski definition) is 3. The van der Waals surface area contributed by atoms with Crippen LogP contribution in [0.1, 0.15) is 20.3 Å². The molecule has 4 nitrogen and oxygen atoms in total. The summed E-state index contributed by atoms with van der Waals surface area (Å²) in [4.78, 5) is 0. The fourth-order valence-electron chi connectivity index (χ4n) is 3.11. The maximum Gasteiger partial charge on any atom is 0.196 e. The van der Waals surface area contributed by atoms with Gasteiger partial charge in [-0.25, -0.2) is 0 Å². The number of likely N-dealkylation sites (tertiary alicyclic amines) is 1. The van der Waals surface area contributed by atoms with Gasteiger partial charge in [0.2, 0.25) is 0 Å². The molecule has 1 fully saturated rings. The van der Waals surface area contributed by atoms with Crippen molar-refractivity contribution < 1.29 is 19.4 Å². The normalized spacial score (nSPS) is 37.1. The fraction of sp³-hybridized carbons (Fsp3) is 0.692. The Morgan fingerprint density at radius 2 is 2.06 bits per heavy atom. The van der Waals surface area contributed by atoms with E-state index in [1.807, 2.05) is 0 Å². The molecule has 2 N–H and O–H groups in total. The molecule has 0 bridgehead atoms. The van der Waals surface area contributed by atoms with E-state index in [-0.39, 0.29) is 23.5 Å². The van der Waals surface area contributed by atoms with E-state index in [9.17, 15) is 10.2 Å². The molecule has 1 heterocycles. The van der Waals surface area contributed by atoms with Gasteiger partial charge in [0.05, 0.1) is 32.7 Å². The molecule has 0 aromatic rings. The average molecular weight is 240 g/mol. The monoisotopic (exact) mass is 240 g/mol. The number of rotatable bonds is 2. The highest BCUT2D eigenvalue weighted by Crippen LogP contribution is 2.42. The van der Waals surface area contributed by atoms with Gasteiger partial charge >= 0.3 is 0 Å². The van der Waals surface area contributed by atoms with Gasteiger partial charge in [-0.3, -0.25) is 0 Å². The van der Waals surface area contributed by atoms with Crippen molar-refractivity contribution in [2.45, 2.75) is 32.4 Å². The lowest BCUT2D eigenvalue weighted by Crippen LogP contribution is -2.54. The van der Waals surface area contributed by atoms with Gasteiger partial charge in [0.1, 0.15) is 6.04 Å². The number of ether oxygens (including phenoxy) is 1. The minimum atomic E-state index is -0.0917. The predicted octanol–water partition coefficient (Wildman–Crippen LogP) is 2.10. The summed E-state index contributed by atoms with van der Waals surface area (Å²) in [5, 5.41) is 19.6. The first kappa shape index (κ1) is 12.3. The summed E-state index contributed by atoms with van der Waals surface area (Å²) in [6.45, 7) is 5.42. The highest BCUT2D eigenvalue weighted by Gasteiger charge is 2.51. The zero-order valence-electron chi connectivity index (χ0n) is 11.0. The first-order chi connectivity index (χ1) is 7.91. The summed E-state index contributed by atoms with van der Waals surface area (Å²) in [7, 11) is 3.76. The van der Waals surface area contributed by atoms with Gasteiger partial charge in [0.25, 0.3) is 0 Å². The van der Waals surface area contributed by atoms with E-state index in [0.29, 0.717) is 11.8 Å². The van der Waals surface area contributed by atoms with Crippen molar-refractivity contribution in [3.05, 3.63) is 23.4 Å². The van der Waals surface area contributed by atoms with Crippen LogP contribution in [0.4, 0.5) is 0 Å². The van der Waals surface area contributed by atoms with Gasteiger partial charge < -0.3 is 19.4 Å². The lowest BCUT2D eigenvalue weighted by molar-refractivity contribution is -0.936. The summed E-state index contributed by atoms with van der Waals surface area (Å²) < 4.78 is 6.16. The van der Waals surface area contributed by atoms with Gasteiger partial charge in [0, 0.05) is 12.5 Å². The zero-order valence-corrected chi connectivity index (χ0v) is 11.0. The maximum absolute atomic E-state index is 9.82. The molecule has 2 aliphatic rings. The topological polar surface area (TPSA) is 49.7 Å². The molecule has 0 aromatic carbocycles. The molecule has 3 atom stereocenters. The maximum atomic E-state index is 9.82. The van der Waals surface area contributed by atoms with Crippen LogP contribution in [0.2, 0.25) is 0 Å². The van der Waals surface area contributed by atoms with Gasteiger partial charge in [0.15, 0.2) is 17.3 Å². The number of quaternary nitrogens is 1. The lowest BCUT2D eigenvalue weighted by atomic mass is 9.91. The van der Waals surface area contributed by atoms with Crippen molar-refractivity contribution in [2.24, 2.45) is 5.92 Å². The third-order valence-electron chi connectivity index (χ3n) is 4.56. The van der Waals surface area contributed by atoms with Crippen LogP contribution in [-0.2, 0) is 4.74 Å². The minimum Gasteiger partial charge on any atom is -0.504 e. The number of hydrogen-bond donors (Lipinski definition) is 2. The lowest BCUT2D eigenvalue weighted by Gasteiger charge is -2.41. The first-order valence-corrected chi connectivity index (χ1v) is 6.15. The van der Waals surface area contributed by atoms with Crippen molar-refractivity contribution in [3.8, 4) is 0 Å². The van der Waals surface area contributed by atoms with E-state index in [0.717, 1.165) is 17.4 Å². The summed E-state index contributed by atoms with van der Waals surface area (Å²) in [6.07, 6.45) is 2.77. The van der Waals surface area contributed by atoms with Crippen LogP contribution >= 0.6 is 0 Å². The molecule has 0 radical (unpaired) electrons. The van der Waals surface area contributed by atoms with Crippen molar-refractivity contribution in [1.29, 1.82) is 0 Å². The standard InChI is InChI=1S/C13H21NO3/c1-8(2)14(3)6-5-9-10(14)7-11(15)12(16)13(9)17-4/h7-10H,5-6H2,1-4H3,(H-,15,16)/p+1. The van der Waals surface area contributed by atoms with Crippen molar-refractivity contribution >= 4 is 0 Å². The van der Waals surface area contributed by atoms with Crippen molar-refractivity contribution in [3.63, 3.8) is 0 Å². The number of methoxy groups -OCH3 is 1. The first-order valence-electron chi connectivity index (χ1n) is 6.15. The molecule has 0 amide bonds. The third-order valence-corrected chi connectivity index (χ3v) is 4.56. The van der Waals surface area contributed by atoms with E-state index >= 15 is 0 Å². The van der Waals surface area contributed by atoms with Crippen LogP contribution < -0.4 is 0 Å². The molecule has 1 saturated heterocycles. The Morgan fingerprint density at radius 1 is 1.41 bits per heavy atom. The number of aliphatic hydroxyl groups excluding tert-OH is 2. The van der Waals surface area contributed by atoms with Crippen LogP contribution in [0.3, 0.4) is 0 Å². The quantitative estimate of drug-likeness (QED) is 0.727. The smallest absolute Gasteiger partial charge is 0.196 e. The molecular weight excluding hydrogens is 218 g/mol. The fourth-order valence-corrected chi connectivity index (χ4v) is 3.11. The second kappa shape index (κ2) is 3.95. The Morgan fingerprint density at radius 3 is 2.59 bits per heavy atom. The summed E-state index contributed by atoms with van der Waals surface area (Å²) in [5.74, 6) is 0.585. The van der Waals surface area contributed by atoms with E-state index < -0.39 is 0 Å². The Kier molecular flexibility index (Phi) is 2.86. The van der Waals surface area contributed by atoms with Gasteiger partial charge in [-0.1, -0.05) is 0 Å². The molecule has 17 heavy (non-hydrogen) atoms. The van der Waals surface area contributed by atoms with Crippen molar-refractivity contribution in [1.82, 2.24) is 0 Å². The average Bonchev–Trinajstić information content (AvgIpc) is 2.60. The third kappa shape index (κ3) is 1.62. The van der Waals surface area contributed by atoms with Crippen LogP contribution in [0.25, 0.3) is 0 Å². The summed E-state index contributed by atoms with van der Waals surface area (Å²) in [5.41, 5.74) is 0. The largest absolute Gasteiger partial charge is 0.504 e. The van der Waals surface area contributed by atoms with E-state index in [1.54, 1.807) is 13.2 Å². The number of nitrogens with zero attached hydrogens (tertiary/aromatic N) is 1. The zero-order chi connectivity index (χ0) is 12.8. The van der Waals surface area contributed by atoms with Crippen LogP contribution in [0.15, 0.2) is 23.4 Å². The Bertz CT molecular complexity index is 386. The van der Waals surface area contributed by atoms with Crippen molar-refractivity contribution in [2.75, 3.05) is 20.7 Å². The molecule has 0 spiro atoms. The van der Waals surface area contributed by atoms with Crippen LogP contribution in [0, 0.1) is 5.92 Å². The molecular formula is C13H22NO3+. The Labute approximate surface area is 102 Å². The van der Waals surface area contributed by atoms with E-state index in [2.05, 4.69) is 20.9 Å². The second-order valence-corrected chi connectivity index (χ2v) is 5.52. The van der Waals surface area contributed by atoms with Crippen LogP contribution in [-0.4, -0.2) is 47.5 Å². The van der Waals surface area contributed by atoms with Gasteiger partial charge in [-0.05, 0) is 13.8 Å². The molecule has 0 saturated carbocycles.